The topological polar surface area (TPSA) is 81.2 Å². The summed E-state index contributed by atoms with van der Waals surface area (Å²) >= 11 is 0. The Balaban J connectivity index is 1.62. The van der Waals surface area contributed by atoms with Gasteiger partial charge in [-0.3, -0.25) is 0 Å². The van der Waals surface area contributed by atoms with E-state index in [1.165, 1.54) is 12.1 Å². The van der Waals surface area contributed by atoms with Crippen molar-refractivity contribution in [1.29, 1.82) is 0 Å². The standard InChI is InChI=1S/C27H20F3N3O3S/c28-27(29,30)37(34,35)36-23-15-14-19-10-4-5-11-20(19)24(23)25-21-12-6-7-13-22(21)26(33-32-25)31-17-16-18-8-2-1-3-9-18/h1-15H,16-17H2,(H,31,33). The van der Waals surface area contributed by atoms with Gasteiger partial charge < -0.3 is 9.50 Å². The Morgan fingerprint density at radius 1 is 0.757 bits per heavy atom. The molecule has 0 saturated heterocycles. The molecule has 10 heteroatoms. The Kier molecular flexibility index (Phi) is 6.43. The van der Waals surface area contributed by atoms with Gasteiger partial charge in [0.05, 0.1) is 5.56 Å². The summed E-state index contributed by atoms with van der Waals surface area (Å²) < 4.78 is 67.9. The van der Waals surface area contributed by atoms with Crippen molar-refractivity contribution in [1.82, 2.24) is 10.2 Å². The largest absolute Gasteiger partial charge is 0.534 e. The van der Waals surface area contributed by atoms with Crippen LogP contribution < -0.4 is 9.50 Å². The quantitative estimate of drug-likeness (QED) is 0.198. The number of aromatic nitrogens is 2. The Bertz CT molecular complexity index is 1690. The SMILES string of the molecule is O=S(=O)(Oc1ccc2ccccc2c1-c1nnc(NCCc2ccccc2)c2ccccc12)C(F)(F)F. The number of benzene rings is 4. The molecule has 5 aromatic rings. The first-order valence-corrected chi connectivity index (χ1v) is 12.7. The average molecular weight is 524 g/mol. The molecule has 0 aliphatic carbocycles. The predicted molar refractivity (Wildman–Crippen MR) is 137 cm³/mol. The van der Waals surface area contributed by atoms with Crippen molar-refractivity contribution in [3.63, 3.8) is 0 Å². The zero-order chi connectivity index (χ0) is 26.0. The first-order chi connectivity index (χ1) is 17.7. The maximum absolute atomic E-state index is 13.2. The number of alkyl halides is 3. The Morgan fingerprint density at radius 3 is 2.14 bits per heavy atom. The highest BCUT2D eigenvalue weighted by Crippen LogP contribution is 2.41. The summed E-state index contributed by atoms with van der Waals surface area (Å²) in [5, 5.41) is 14.3. The van der Waals surface area contributed by atoms with Gasteiger partial charge in [0, 0.05) is 17.3 Å². The van der Waals surface area contributed by atoms with Gasteiger partial charge in [-0.2, -0.15) is 21.6 Å². The van der Waals surface area contributed by atoms with E-state index in [0.29, 0.717) is 33.9 Å². The van der Waals surface area contributed by atoms with E-state index in [1.807, 2.05) is 42.5 Å². The van der Waals surface area contributed by atoms with Crippen LogP contribution in [0.4, 0.5) is 19.0 Å². The summed E-state index contributed by atoms with van der Waals surface area (Å²) in [5.74, 6) is 0.0150. The van der Waals surface area contributed by atoms with Crippen molar-refractivity contribution in [2.45, 2.75) is 11.9 Å². The van der Waals surface area contributed by atoms with Crippen LogP contribution in [0.2, 0.25) is 0 Å². The molecule has 0 radical (unpaired) electrons. The van der Waals surface area contributed by atoms with Gasteiger partial charge in [0.15, 0.2) is 11.6 Å². The second-order valence-electron chi connectivity index (χ2n) is 8.25. The molecule has 0 amide bonds. The van der Waals surface area contributed by atoms with Gasteiger partial charge in [0.25, 0.3) is 0 Å². The zero-order valence-electron chi connectivity index (χ0n) is 19.2. The molecular formula is C27H20F3N3O3S. The fraction of sp³-hybridized carbons (Fsp3) is 0.111. The number of halogens is 3. The maximum Gasteiger partial charge on any atom is 0.534 e. The molecule has 5 rings (SSSR count). The third-order valence-electron chi connectivity index (χ3n) is 5.85. The van der Waals surface area contributed by atoms with Crippen LogP contribution >= 0.6 is 0 Å². The van der Waals surface area contributed by atoms with Gasteiger partial charge in [0.2, 0.25) is 0 Å². The summed E-state index contributed by atoms with van der Waals surface area (Å²) in [5.41, 5.74) is -4.14. The molecule has 6 nitrogen and oxygen atoms in total. The minimum Gasteiger partial charge on any atom is -0.375 e. The van der Waals surface area contributed by atoms with E-state index in [9.17, 15) is 21.6 Å². The molecule has 0 bridgehead atoms. The van der Waals surface area contributed by atoms with E-state index in [-0.39, 0.29) is 11.3 Å². The summed E-state index contributed by atoms with van der Waals surface area (Å²) in [6, 6.07) is 26.6. The van der Waals surface area contributed by atoms with Crippen LogP contribution in [0.5, 0.6) is 5.75 Å². The summed E-state index contributed by atoms with van der Waals surface area (Å²) in [6.07, 6.45) is 0.745. The molecule has 1 aromatic heterocycles. The number of hydrogen-bond acceptors (Lipinski definition) is 6. The predicted octanol–water partition coefficient (Wildman–Crippen LogP) is 6.33. The number of anilines is 1. The Labute approximate surface area is 210 Å². The number of hydrogen-bond donors (Lipinski definition) is 1. The van der Waals surface area contributed by atoms with Gasteiger partial charge in [-0.05, 0) is 28.8 Å². The van der Waals surface area contributed by atoms with Crippen LogP contribution in [0.15, 0.2) is 91.0 Å². The maximum atomic E-state index is 13.2. The molecule has 1 heterocycles. The van der Waals surface area contributed by atoms with Crippen molar-refractivity contribution in [3.05, 3.63) is 96.6 Å². The molecule has 1 N–H and O–H groups in total. The molecule has 37 heavy (non-hydrogen) atoms. The molecule has 0 saturated carbocycles. The lowest BCUT2D eigenvalue weighted by molar-refractivity contribution is -0.0499. The van der Waals surface area contributed by atoms with Crippen LogP contribution in [0, 0.1) is 0 Å². The molecule has 0 atom stereocenters. The van der Waals surface area contributed by atoms with Gasteiger partial charge in [0.1, 0.15) is 5.69 Å². The van der Waals surface area contributed by atoms with Gasteiger partial charge in [-0.25, -0.2) is 0 Å². The lowest BCUT2D eigenvalue weighted by atomic mass is 9.97. The Hall–Kier alpha value is -4.18. The average Bonchev–Trinajstić information content (AvgIpc) is 2.89. The van der Waals surface area contributed by atoms with Crippen molar-refractivity contribution in [2.24, 2.45) is 0 Å². The molecular weight excluding hydrogens is 503 g/mol. The summed E-state index contributed by atoms with van der Waals surface area (Å²) in [4.78, 5) is 0. The third kappa shape index (κ3) is 4.92. The smallest absolute Gasteiger partial charge is 0.375 e. The molecule has 0 spiro atoms. The van der Waals surface area contributed by atoms with E-state index in [2.05, 4.69) is 19.7 Å². The highest BCUT2D eigenvalue weighted by molar-refractivity contribution is 7.88. The number of nitrogens with one attached hydrogen (secondary N) is 1. The number of nitrogens with zero attached hydrogens (tertiary/aromatic N) is 2. The first kappa shape index (κ1) is 24.5. The minimum atomic E-state index is -5.91. The van der Waals surface area contributed by atoms with E-state index in [0.717, 1.165) is 12.0 Å². The van der Waals surface area contributed by atoms with Crippen molar-refractivity contribution in [2.75, 3.05) is 11.9 Å². The van der Waals surface area contributed by atoms with Crippen molar-refractivity contribution < 1.29 is 25.8 Å². The lowest BCUT2D eigenvalue weighted by Gasteiger charge is -2.17. The minimum absolute atomic E-state index is 0.102. The van der Waals surface area contributed by atoms with Crippen molar-refractivity contribution in [3.8, 4) is 17.0 Å². The highest BCUT2D eigenvalue weighted by Gasteiger charge is 2.49. The second-order valence-corrected chi connectivity index (χ2v) is 9.79. The molecule has 0 fully saturated rings. The fourth-order valence-electron chi connectivity index (χ4n) is 4.12. The fourth-order valence-corrected chi connectivity index (χ4v) is 4.59. The summed E-state index contributed by atoms with van der Waals surface area (Å²) in [6.45, 7) is 0.578. The van der Waals surface area contributed by atoms with Crippen LogP contribution in [0.3, 0.4) is 0 Å². The van der Waals surface area contributed by atoms with Gasteiger partial charge >= 0.3 is 15.6 Å². The van der Waals surface area contributed by atoms with E-state index < -0.39 is 21.4 Å². The van der Waals surface area contributed by atoms with E-state index in [1.54, 1.807) is 36.4 Å². The van der Waals surface area contributed by atoms with Crippen LogP contribution in [-0.2, 0) is 16.5 Å². The molecule has 188 valence electrons. The highest BCUT2D eigenvalue weighted by atomic mass is 32.2. The molecule has 0 aliphatic rings. The van der Waals surface area contributed by atoms with Gasteiger partial charge in [-0.15, -0.1) is 10.2 Å². The summed E-state index contributed by atoms with van der Waals surface area (Å²) in [7, 11) is -5.91. The van der Waals surface area contributed by atoms with E-state index >= 15 is 0 Å². The van der Waals surface area contributed by atoms with Gasteiger partial charge in [-0.1, -0.05) is 84.9 Å². The van der Waals surface area contributed by atoms with Crippen LogP contribution in [0.1, 0.15) is 5.56 Å². The number of fused-ring (bicyclic) bond motifs is 2. The Morgan fingerprint density at radius 2 is 1.41 bits per heavy atom. The first-order valence-electron chi connectivity index (χ1n) is 11.3. The zero-order valence-corrected chi connectivity index (χ0v) is 20.1. The molecule has 4 aromatic carbocycles. The van der Waals surface area contributed by atoms with Crippen LogP contribution in [-0.4, -0.2) is 30.7 Å². The van der Waals surface area contributed by atoms with E-state index in [4.69, 9.17) is 0 Å². The normalized spacial score (nSPS) is 12.1. The lowest BCUT2D eigenvalue weighted by Crippen LogP contribution is -2.28. The molecule has 0 aliphatic heterocycles. The third-order valence-corrected chi connectivity index (χ3v) is 6.81. The van der Waals surface area contributed by atoms with Crippen molar-refractivity contribution >= 4 is 37.5 Å². The monoisotopic (exact) mass is 523 g/mol. The molecule has 0 unspecified atom stereocenters. The number of rotatable bonds is 7. The van der Waals surface area contributed by atoms with Crippen LogP contribution in [0.25, 0.3) is 32.8 Å². The second kappa shape index (κ2) is 9.70.